The minimum atomic E-state index is -3.33. The van der Waals surface area contributed by atoms with Gasteiger partial charge < -0.3 is 19.2 Å². The molecule has 2 aromatic carbocycles. The molecule has 0 aliphatic carbocycles. The van der Waals surface area contributed by atoms with Crippen molar-refractivity contribution in [2.75, 3.05) is 71.1 Å². The summed E-state index contributed by atoms with van der Waals surface area (Å²) in [5.41, 5.74) is 4.00. The van der Waals surface area contributed by atoms with Gasteiger partial charge in [-0.2, -0.15) is 0 Å². The van der Waals surface area contributed by atoms with Gasteiger partial charge in [-0.1, -0.05) is 37.6 Å². The lowest BCUT2D eigenvalue weighted by atomic mass is 9.83. The predicted octanol–water partition coefficient (Wildman–Crippen LogP) is 3.56. The molecule has 10 nitrogen and oxygen atoms in total. The summed E-state index contributed by atoms with van der Waals surface area (Å²) in [4.78, 5) is 31.0. The van der Waals surface area contributed by atoms with Crippen LogP contribution in [0.25, 0.3) is 0 Å². The molecule has 5 rings (SSSR count). The molecule has 0 saturated carbocycles. The Kier molecular flexibility index (Phi) is 10.2. The quantitative estimate of drug-likeness (QED) is 0.334. The minimum Gasteiger partial charge on any atom is -0.493 e. The molecular weight excluding hydrogens is 592 g/mol. The van der Waals surface area contributed by atoms with Crippen molar-refractivity contribution in [3.05, 3.63) is 59.2 Å². The number of fused-ring (bicyclic) bond motifs is 1. The summed E-state index contributed by atoms with van der Waals surface area (Å²) in [5.74, 6) is -1.14. The number of carbonyl (C=O) groups excluding carboxylic acids is 1. The number of aliphatic carboxylic acids is 1. The highest BCUT2D eigenvalue weighted by Gasteiger charge is 2.48. The average molecular weight is 642 g/mol. The van der Waals surface area contributed by atoms with Crippen molar-refractivity contribution in [1.82, 2.24) is 9.21 Å². The minimum absolute atomic E-state index is 0.0645. The number of amides is 1. The monoisotopic (exact) mass is 641 g/mol. The van der Waals surface area contributed by atoms with E-state index in [4.69, 9.17) is 4.74 Å². The highest BCUT2D eigenvalue weighted by molar-refractivity contribution is 7.89. The Balaban J connectivity index is 1.44. The first-order valence-corrected chi connectivity index (χ1v) is 17.9. The van der Waals surface area contributed by atoms with Crippen molar-refractivity contribution in [2.45, 2.75) is 57.5 Å². The van der Waals surface area contributed by atoms with Gasteiger partial charge >= 0.3 is 5.97 Å². The molecule has 0 radical (unpaired) electrons. The number of quaternary nitrogens is 1. The lowest BCUT2D eigenvalue weighted by Crippen LogP contribution is -2.45. The molecule has 3 heterocycles. The van der Waals surface area contributed by atoms with Crippen LogP contribution in [-0.4, -0.2) is 111 Å². The second-order valence-electron chi connectivity index (χ2n) is 13.8. The smallest absolute Gasteiger partial charge is 0.308 e. The molecule has 0 spiro atoms. The first kappa shape index (κ1) is 33.4. The van der Waals surface area contributed by atoms with Gasteiger partial charge in [0.2, 0.25) is 15.9 Å². The van der Waals surface area contributed by atoms with E-state index >= 15 is 0 Å². The first-order valence-electron chi connectivity index (χ1n) is 16.3. The van der Waals surface area contributed by atoms with E-state index in [1.165, 1.54) is 4.31 Å². The second-order valence-corrected chi connectivity index (χ2v) is 15.9. The number of unbranched alkanes of at least 4 members (excludes halogenated alkanes) is 1. The van der Waals surface area contributed by atoms with Gasteiger partial charge in [0.25, 0.3) is 0 Å². The Morgan fingerprint density at radius 3 is 2.62 bits per heavy atom. The van der Waals surface area contributed by atoms with Crippen LogP contribution >= 0.6 is 0 Å². The van der Waals surface area contributed by atoms with Crippen LogP contribution in [0, 0.1) is 5.92 Å². The number of nitrogens with zero attached hydrogens (tertiary/aromatic N) is 4. The summed E-state index contributed by atoms with van der Waals surface area (Å²) in [6.45, 7) is 5.28. The number of benzene rings is 2. The predicted molar refractivity (Wildman–Crippen MR) is 175 cm³/mol. The number of carboxylic acid groups (broad SMARTS) is 1. The molecular formula is C34H49N4O6S+. The third-order valence-electron chi connectivity index (χ3n) is 9.31. The van der Waals surface area contributed by atoms with Crippen LogP contribution in [-0.2, 0) is 32.6 Å². The molecule has 3 atom stereocenters. The van der Waals surface area contributed by atoms with Crippen molar-refractivity contribution in [2.24, 2.45) is 5.92 Å². The summed E-state index contributed by atoms with van der Waals surface area (Å²) < 4.78 is 33.2. The van der Waals surface area contributed by atoms with Gasteiger partial charge in [-0.3, -0.25) is 14.5 Å². The molecule has 0 bridgehead atoms. The maximum atomic E-state index is 14.2. The lowest BCUT2D eigenvalue weighted by Gasteiger charge is -2.31. The Labute approximate surface area is 268 Å². The standard InChI is InChI=1S/C34H48N4O6S/c1-5-6-16-37(28-10-7-9-25(20-28)24-38(2,3)4)32(39)23-35-22-29(26-11-12-31-27(21-26)14-18-44-31)33(34(40)41)30(35)13-17-36-15-8-19-45(36,42)43/h7,9-12,20-21,29-30,33H,5-6,8,13-19,22-24H2,1-4H3/p+1/t29-,30+,33?/m1/s1. The average Bonchev–Trinajstić information content (AvgIpc) is 3.67. The fraction of sp³-hybridized carbons (Fsp3) is 0.588. The van der Waals surface area contributed by atoms with Gasteiger partial charge in [-0.25, -0.2) is 12.7 Å². The van der Waals surface area contributed by atoms with Crippen LogP contribution in [0.15, 0.2) is 42.5 Å². The number of carbonyl (C=O) groups is 2. The van der Waals surface area contributed by atoms with E-state index in [0.717, 1.165) is 58.4 Å². The van der Waals surface area contributed by atoms with Gasteiger partial charge in [0, 0.05) is 55.8 Å². The molecule has 1 unspecified atom stereocenters. The number of sulfonamides is 1. The molecule has 2 saturated heterocycles. The highest BCUT2D eigenvalue weighted by atomic mass is 32.2. The Morgan fingerprint density at radius 1 is 1.13 bits per heavy atom. The van der Waals surface area contributed by atoms with Gasteiger partial charge in [0.1, 0.15) is 12.3 Å². The van der Waals surface area contributed by atoms with Crippen LogP contribution < -0.4 is 9.64 Å². The van der Waals surface area contributed by atoms with E-state index in [0.29, 0.717) is 39.1 Å². The van der Waals surface area contributed by atoms with E-state index in [2.05, 4.69) is 46.3 Å². The van der Waals surface area contributed by atoms with Crippen molar-refractivity contribution < 1.29 is 32.3 Å². The van der Waals surface area contributed by atoms with E-state index in [9.17, 15) is 23.1 Å². The molecule has 2 aromatic rings. The van der Waals surface area contributed by atoms with E-state index in [1.54, 1.807) is 0 Å². The maximum absolute atomic E-state index is 14.2. The van der Waals surface area contributed by atoms with Gasteiger partial charge in [0.15, 0.2) is 0 Å². The van der Waals surface area contributed by atoms with Crippen molar-refractivity contribution in [1.29, 1.82) is 0 Å². The molecule has 0 aromatic heterocycles. The molecule has 1 N–H and O–H groups in total. The molecule has 2 fully saturated rings. The third-order valence-corrected chi connectivity index (χ3v) is 11.3. The van der Waals surface area contributed by atoms with Crippen molar-refractivity contribution >= 4 is 27.6 Å². The third kappa shape index (κ3) is 7.88. The maximum Gasteiger partial charge on any atom is 0.308 e. The Bertz CT molecular complexity index is 1490. The van der Waals surface area contributed by atoms with Crippen molar-refractivity contribution in [3.8, 4) is 5.75 Å². The van der Waals surface area contributed by atoms with E-state index in [1.807, 2.05) is 34.1 Å². The number of ether oxygens (including phenoxy) is 1. The summed E-state index contributed by atoms with van der Waals surface area (Å²) in [5, 5.41) is 10.6. The normalized spacial score (nSPS) is 23.2. The number of hydrogen-bond donors (Lipinski definition) is 1. The summed E-state index contributed by atoms with van der Waals surface area (Å²) in [6.07, 6.45) is 3.49. The molecule has 246 valence electrons. The fourth-order valence-corrected chi connectivity index (χ4v) is 8.73. The van der Waals surface area contributed by atoms with Crippen molar-refractivity contribution in [3.63, 3.8) is 0 Å². The topological polar surface area (TPSA) is 107 Å². The zero-order valence-electron chi connectivity index (χ0n) is 27.2. The number of carboxylic acids is 1. The van der Waals surface area contributed by atoms with Gasteiger partial charge in [-0.05, 0) is 48.6 Å². The molecule has 3 aliphatic rings. The number of hydrogen-bond acceptors (Lipinski definition) is 6. The highest BCUT2D eigenvalue weighted by Crippen LogP contribution is 2.41. The summed E-state index contributed by atoms with van der Waals surface area (Å²) in [6, 6.07) is 13.6. The first-order chi connectivity index (χ1) is 21.4. The van der Waals surface area contributed by atoms with Crippen LogP contribution in [0.5, 0.6) is 5.75 Å². The number of likely N-dealkylation sites (tertiary alicyclic amines) is 1. The summed E-state index contributed by atoms with van der Waals surface area (Å²) >= 11 is 0. The second kappa shape index (κ2) is 13.8. The Morgan fingerprint density at radius 2 is 1.93 bits per heavy atom. The molecule has 1 amide bonds. The largest absolute Gasteiger partial charge is 0.493 e. The van der Waals surface area contributed by atoms with Crippen LogP contribution in [0.2, 0.25) is 0 Å². The number of anilines is 1. The fourth-order valence-electron chi connectivity index (χ4n) is 7.19. The van der Waals surface area contributed by atoms with Gasteiger partial charge in [0.05, 0.1) is 46.0 Å². The van der Waals surface area contributed by atoms with Crippen LogP contribution in [0.3, 0.4) is 0 Å². The van der Waals surface area contributed by atoms with Crippen LogP contribution in [0.1, 0.15) is 55.2 Å². The SMILES string of the molecule is CCCCN(C(=O)CN1C[C@H](c2ccc3c(c2)CCO3)C(C(=O)O)[C@@H]1CCN1CCCS1(=O)=O)c1cccc(C[N+](C)(C)C)c1. The van der Waals surface area contributed by atoms with Crippen LogP contribution in [0.4, 0.5) is 5.69 Å². The van der Waals surface area contributed by atoms with Gasteiger partial charge in [-0.15, -0.1) is 0 Å². The number of rotatable bonds is 13. The molecule has 3 aliphatic heterocycles. The lowest BCUT2D eigenvalue weighted by molar-refractivity contribution is -0.884. The summed E-state index contributed by atoms with van der Waals surface area (Å²) in [7, 11) is 3.08. The molecule has 45 heavy (non-hydrogen) atoms. The zero-order valence-corrected chi connectivity index (χ0v) is 28.0. The molecule has 11 heteroatoms. The van der Waals surface area contributed by atoms with E-state index in [-0.39, 0.29) is 30.7 Å². The van der Waals surface area contributed by atoms with E-state index < -0.39 is 28.0 Å². The Hall–Kier alpha value is -2.99. The zero-order chi connectivity index (χ0) is 32.4.